The van der Waals surface area contributed by atoms with E-state index < -0.39 is 12.0 Å². The van der Waals surface area contributed by atoms with Gasteiger partial charge in [-0.05, 0) is 68.7 Å². The van der Waals surface area contributed by atoms with Crippen LogP contribution in [0.4, 0.5) is 14.6 Å². The summed E-state index contributed by atoms with van der Waals surface area (Å²) in [7, 11) is 0. The van der Waals surface area contributed by atoms with E-state index in [2.05, 4.69) is 25.1 Å². The van der Waals surface area contributed by atoms with Gasteiger partial charge in [-0.25, -0.2) is 8.78 Å². The summed E-state index contributed by atoms with van der Waals surface area (Å²) in [4.78, 5) is 18.5. The van der Waals surface area contributed by atoms with Gasteiger partial charge in [-0.3, -0.25) is 9.88 Å². The molecule has 5 aliphatic heterocycles. The average molecular weight is 597 g/mol. The molecule has 7 heterocycles. The van der Waals surface area contributed by atoms with Crippen molar-refractivity contribution in [3.63, 3.8) is 0 Å². The van der Waals surface area contributed by atoms with Crippen molar-refractivity contribution in [1.82, 2.24) is 25.2 Å². The number of nitrogens with zero attached hydrogens (tertiary/aromatic N) is 5. The largest absolute Gasteiger partial charge is 0.508 e. The van der Waals surface area contributed by atoms with E-state index in [0.717, 1.165) is 70.1 Å². The number of aromatic hydroxyl groups is 1. The van der Waals surface area contributed by atoms with Gasteiger partial charge in [0.25, 0.3) is 0 Å². The molecule has 6 aliphatic rings. The molecule has 8 nitrogen and oxygen atoms in total. The molecule has 2 N–H and O–H groups in total. The van der Waals surface area contributed by atoms with Crippen molar-refractivity contribution in [2.45, 2.75) is 81.1 Å². The number of alkyl halides is 1. The maximum atomic E-state index is 16.7. The van der Waals surface area contributed by atoms with Crippen molar-refractivity contribution >= 4 is 28.3 Å². The quantitative estimate of drug-likeness (QED) is 0.394. The highest BCUT2D eigenvalue weighted by Gasteiger charge is 2.49. The number of aromatic nitrogens is 3. The van der Waals surface area contributed by atoms with E-state index in [1.165, 1.54) is 6.07 Å². The molecular formula is C31H35ClF2N6O2. The van der Waals surface area contributed by atoms with Gasteiger partial charge in [0.05, 0.1) is 10.9 Å². The second kappa shape index (κ2) is 10.1. The van der Waals surface area contributed by atoms with Crippen LogP contribution >= 0.6 is 11.6 Å². The topological polar surface area (TPSA) is 86.6 Å². The first-order valence-corrected chi connectivity index (χ1v) is 15.7. The predicted octanol–water partition coefficient (Wildman–Crippen LogP) is 5.35. The zero-order valence-electron chi connectivity index (χ0n) is 23.5. The molecule has 1 aromatic carbocycles. The monoisotopic (exact) mass is 596 g/mol. The fraction of sp³-hybridized carbons (Fsp3) is 0.581. The van der Waals surface area contributed by atoms with Crippen LogP contribution in [-0.2, 0) is 0 Å². The van der Waals surface area contributed by atoms with Gasteiger partial charge in [0.15, 0.2) is 5.82 Å². The van der Waals surface area contributed by atoms with E-state index in [4.69, 9.17) is 21.3 Å². The van der Waals surface area contributed by atoms with Crippen LogP contribution in [0.1, 0.15) is 62.8 Å². The Morgan fingerprint density at radius 1 is 1.14 bits per heavy atom. The Kier molecular flexibility index (Phi) is 6.46. The second-order valence-corrected chi connectivity index (χ2v) is 13.3. The molecule has 42 heavy (non-hydrogen) atoms. The number of anilines is 1. The molecule has 2 unspecified atom stereocenters. The van der Waals surface area contributed by atoms with Crippen LogP contribution in [0.15, 0.2) is 18.3 Å². The van der Waals surface area contributed by atoms with Gasteiger partial charge in [0, 0.05) is 54.9 Å². The summed E-state index contributed by atoms with van der Waals surface area (Å²) in [6, 6.07) is 3.73. The zero-order chi connectivity index (χ0) is 28.6. The van der Waals surface area contributed by atoms with Gasteiger partial charge in [0.2, 0.25) is 0 Å². The summed E-state index contributed by atoms with van der Waals surface area (Å²) in [6.07, 6.45) is 8.19. The summed E-state index contributed by atoms with van der Waals surface area (Å²) >= 11 is 6.61. The van der Waals surface area contributed by atoms with Gasteiger partial charge in [-0.2, -0.15) is 9.97 Å². The van der Waals surface area contributed by atoms with E-state index in [-0.39, 0.29) is 47.1 Å². The Balaban J connectivity index is 1.24. The Bertz CT molecular complexity index is 1550. The lowest BCUT2D eigenvalue weighted by Crippen LogP contribution is -2.61. The normalized spacial score (nSPS) is 29.3. The summed E-state index contributed by atoms with van der Waals surface area (Å²) in [5.74, 6) is 0.189. The number of halogens is 3. The number of fused-ring (bicyclic) bond motifs is 5. The molecule has 0 radical (unpaired) electrons. The molecule has 4 atom stereocenters. The molecule has 0 amide bonds. The van der Waals surface area contributed by atoms with E-state index in [9.17, 15) is 9.50 Å². The van der Waals surface area contributed by atoms with Crippen LogP contribution in [0.5, 0.6) is 11.8 Å². The molecule has 1 saturated carbocycles. The Labute approximate surface area is 248 Å². The molecule has 222 valence electrons. The maximum absolute atomic E-state index is 16.7. The molecule has 2 aromatic heterocycles. The van der Waals surface area contributed by atoms with E-state index >= 15 is 4.39 Å². The lowest BCUT2D eigenvalue weighted by atomic mass is 9.77. The first kappa shape index (κ1) is 26.8. The third-order valence-corrected chi connectivity index (χ3v) is 10.7. The molecule has 5 saturated heterocycles. The van der Waals surface area contributed by atoms with Gasteiger partial charge >= 0.3 is 6.01 Å². The SMILES string of the molecule is Oc1cc(Cl)c(C2CCC2)c(-c2ncc3c(N4CC5CCC4CN5)nc(OC[C@]45CCCN4C[C@@H](F)C5)nc3c2F)c1. The number of benzene rings is 1. The number of rotatable bonds is 6. The Morgan fingerprint density at radius 2 is 2.02 bits per heavy atom. The van der Waals surface area contributed by atoms with E-state index in [1.807, 2.05) is 0 Å². The maximum Gasteiger partial charge on any atom is 0.319 e. The number of ether oxygens (including phenoxy) is 1. The highest BCUT2D eigenvalue weighted by molar-refractivity contribution is 6.32. The fourth-order valence-corrected chi connectivity index (χ4v) is 8.39. The van der Waals surface area contributed by atoms with Crippen LogP contribution in [0.2, 0.25) is 5.02 Å². The number of phenolic OH excluding ortho intramolecular Hbond substituents is 1. The number of hydrogen-bond donors (Lipinski definition) is 2. The Hall–Kier alpha value is -2.82. The van der Waals surface area contributed by atoms with Crippen molar-refractivity contribution in [3.8, 4) is 23.0 Å². The lowest BCUT2D eigenvalue weighted by molar-refractivity contribution is 0.107. The number of piperidine rings is 2. The minimum atomic E-state index is -0.872. The van der Waals surface area contributed by atoms with Gasteiger partial charge < -0.3 is 20.1 Å². The number of nitrogens with one attached hydrogen (secondary N) is 1. The number of piperazine rings is 1. The smallest absolute Gasteiger partial charge is 0.319 e. The summed E-state index contributed by atoms with van der Waals surface area (Å²) < 4.78 is 37.4. The molecule has 6 fully saturated rings. The minimum Gasteiger partial charge on any atom is -0.508 e. The fourth-order valence-electron chi connectivity index (χ4n) is 8.02. The second-order valence-electron chi connectivity index (χ2n) is 12.9. The zero-order valence-corrected chi connectivity index (χ0v) is 24.2. The Morgan fingerprint density at radius 3 is 2.76 bits per heavy atom. The van der Waals surface area contributed by atoms with Crippen molar-refractivity contribution < 1.29 is 18.6 Å². The summed E-state index contributed by atoms with van der Waals surface area (Å²) in [6.45, 7) is 3.14. The first-order valence-electron chi connectivity index (χ1n) is 15.3. The number of hydrogen-bond acceptors (Lipinski definition) is 8. The van der Waals surface area contributed by atoms with Crippen LogP contribution in [0.3, 0.4) is 0 Å². The first-order chi connectivity index (χ1) is 20.4. The van der Waals surface area contributed by atoms with Crippen molar-refractivity contribution in [2.75, 3.05) is 37.7 Å². The molecule has 9 rings (SSSR count). The third kappa shape index (κ3) is 4.32. The van der Waals surface area contributed by atoms with Crippen LogP contribution in [0.25, 0.3) is 22.2 Å². The lowest BCUT2D eigenvalue weighted by Gasteiger charge is -2.46. The summed E-state index contributed by atoms with van der Waals surface area (Å²) in [5, 5.41) is 14.9. The average Bonchev–Trinajstić information content (AvgIpc) is 3.48. The van der Waals surface area contributed by atoms with Crippen LogP contribution in [0, 0.1) is 5.82 Å². The van der Waals surface area contributed by atoms with Gasteiger partial charge in [-0.15, -0.1) is 0 Å². The van der Waals surface area contributed by atoms with E-state index in [1.54, 1.807) is 12.3 Å². The van der Waals surface area contributed by atoms with Crippen LogP contribution < -0.4 is 15.0 Å². The van der Waals surface area contributed by atoms with Crippen LogP contribution in [-0.4, -0.2) is 81.5 Å². The third-order valence-electron chi connectivity index (χ3n) is 10.4. The highest BCUT2D eigenvalue weighted by Crippen LogP contribution is 2.47. The molecule has 0 spiro atoms. The highest BCUT2D eigenvalue weighted by atomic mass is 35.5. The van der Waals surface area contributed by atoms with Gasteiger partial charge in [0.1, 0.15) is 35.6 Å². The summed E-state index contributed by atoms with van der Waals surface area (Å²) in [5.41, 5.74) is 1.18. The minimum absolute atomic E-state index is 0.0354. The number of pyridine rings is 1. The molecule has 2 bridgehead atoms. The molecule has 3 aromatic rings. The predicted molar refractivity (Wildman–Crippen MR) is 157 cm³/mol. The molecule has 11 heteroatoms. The van der Waals surface area contributed by atoms with Crippen molar-refractivity contribution in [2.24, 2.45) is 0 Å². The molecule has 1 aliphatic carbocycles. The van der Waals surface area contributed by atoms with Crippen molar-refractivity contribution in [3.05, 3.63) is 34.7 Å². The van der Waals surface area contributed by atoms with E-state index in [0.29, 0.717) is 40.8 Å². The molecular weight excluding hydrogens is 562 g/mol. The standard InChI is InChI=1S/C31H35ClF2N6O2/c32-24-10-21(41)9-22(25(24)17-3-1-4-17)27-26(34)28-23(13-36-27)29(40-15-19-5-6-20(40)12-35-19)38-30(37-28)42-16-31-7-2-8-39(31)14-18(33)11-31/h9-10,13,17-20,35,41H,1-8,11-12,14-16H2/t18-,19?,20?,31+/m0/s1. The number of phenols is 1. The van der Waals surface area contributed by atoms with Crippen molar-refractivity contribution in [1.29, 1.82) is 0 Å². The van der Waals surface area contributed by atoms with Gasteiger partial charge in [-0.1, -0.05) is 18.0 Å².